The van der Waals surface area contributed by atoms with Crippen LogP contribution in [0.2, 0.25) is 0 Å². The SMILES string of the molecule is CCn1c(CNC(=O)c2ccc3c(c2)OCO3)nnc1SC(C)C(=O)Nc1nc(C)c(C)s1. The first-order valence-electron chi connectivity index (χ1n) is 10.4. The van der Waals surface area contributed by atoms with E-state index in [9.17, 15) is 9.59 Å². The number of amides is 2. The molecule has 1 aliphatic rings. The molecule has 0 aliphatic carbocycles. The third kappa shape index (κ3) is 5.11. The van der Waals surface area contributed by atoms with Gasteiger partial charge in [0.05, 0.1) is 17.5 Å². The van der Waals surface area contributed by atoms with Crippen molar-refractivity contribution in [3.8, 4) is 11.5 Å². The minimum absolute atomic E-state index is 0.153. The number of thioether (sulfide) groups is 1. The molecule has 1 aliphatic heterocycles. The molecule has 0 spiro atoms. The molecule has 1 aromatic carbocycles. The number of thiazole rings is 1. The Morgan fingerprint density at radius 2 is 2.03 bits per heavy atom. The number of nitrogens with one attached hydrogen (secondary N) is 2. The molecule has 2 aromatic heterocycles. The predicted octanol–water partition coefficient (Wildman–Crippen LogP) is 3.15. The van der Waals surface area contributed by atoms with Gasteiger partial charge in [-0.25, -0.2) is 4.98 Å². The van der Waals surface area contributed by atoms with Crippen molar-refractivity contribution in [2.75, 3.05) is 12.1 Å². The number of rotatable bonds is 8. The summed E-state index contributed by atoms with van der Waals surface area (Å²) in [6, 6.07) is 5.04. The molecule has 3 heterocycles. The van der Waals surface area contributed by atoms with Gasteiger partial charge < -0.3 is 24.7 Å². The van der Waals surface area contributed by atoms with E-state index in [2.05, 4.69) is 25.8 Å². The molecule has 174 valence electrons. The van der Waals surface area contributed by atoms with Crippen molar-refractivity contribution in [2.24, 2.45) is 0 Å². The number of aryl methyl sites for hydroxylation is 2. The average Bonchev–Trinajstić information content (AvgIpc) is 3.50. The van der Waals surface area contributed by atoms with Crippen LogP contribution in [-0.4, -0.2) is 43.6 Å². The highest BCUT2D eigenvalue weighted by atomic mass is 32.2. The normalized spacial score (nSPS) is 13.1. The van der Waals surface area contributed by atoms with Crippen LogP contribution in [0.15, 0.2) is 23.4 Å². The minimum Gasteiger partial charge on any atom is -0.454 e. The van der Waals surface area contributed by atoms with Gasteiger partial charge in [-0.15, -0.1) is 21.5 Å². The highest BCUT2D eigenvalue weighted by molar-refractivity contribution is 8.00. The monoisotopic (exact) mass is 488 g/mol. The topological polar surface area (TPSA) is 120 Å². The summed E-state index contributed by atoms with van der Waals surface area (Å²) in [7, 11) is 0. The highest BCUT2D eigenvalue weighted by Gasteiger charge is 2.22. The van der Waals surface area contributed by atoms with E-state index in [1.54, 1.807) is 18.2 Å². The average molecular weight is 489 g/mol. The molecule has 2 amide bonds. The Labute approximate surface area is 199 Å². The van der Waals surface area contributed by atoms with Crippen LogP contribution in [0.3, 0.4) is 0 Å². The number of carbonyl (C=O) groups excluding carboxylic acids is 2. The number of nitrogens with zero attached hydrogens (tertiary/aromatic N) is 4. The van der Waals surface area contributed by atoms with Crippen LogP contribution in [0, 0.1) is 13.8 Å². The fourth-order valence-corrected chi connectivity index (χ4v) is 4.85. The molecule has 10 nitrogen and oxygen atoms in total. The lowest BCUT2D eigenvalue weighted by molar-refractivity contribution is -0.115. The number of ether oxygens (including phenoxy) is 2. The van der Waals surface area contributed by atoms with Gasteiger partial charge in [0.25, 0.3) is 5.91 Å². The fraction of sp³-hybridized carbons (Fsp3) is 0.381. The smallest absolute Gasteiger partial charge is 0.251 e. The van der Waals surface area contributed by atoms with Crippen LogP contribution in [0.25, 0.3) is 0 Å². The summed E-state index contributed by atoms with van der Waals surface area (Å²) in [6.07, 6.45) is 0. The van der Waals surface area contributed by atoms with Crippen LogP contribution >= 0.6 is 23.1 Å². The molecule has 3 aromatic rings. The van der Waals surface area contributed by atoms with E-state index in [-0.39, 0.29) is 25.2 Å². The Hall–Kier alpha value is -3.12. The Kier molecular flexibility index (Phi) is 6.84. The summed E-state index contributed by atoms with van der Waals surface area (Å²) >= 11 is 2.76. The second-order valence-electron chi connectivity index (χ2n) is 7.30. The number of hydrogen-bond donors (Lipinski definition) is 2. The van der Waals surface area contributed by atoms with E-state index in [4.69, 9.17) is 9.47 Å². The van der Waals surface area contributed by atoms with Gasteiger partial charge in [-0.2, -0.15) is 0 Å². The number of anilines is 1. The van der Waals surface area contributed by atoms with Gasteiger partial charge in [0.15, 0.2) is 27.6 Å². The first-order valence-corrected chi connectivity index (χ1v) is 12.1. The molecule has 1 unspecified atom stereocenters. The molecule has 12 heteroatoms. The molecule has 0 radical (unpaired) electrons. The van der Waals surface area contributed by atoms with Crippen molar-refractivity contribution >= 4 is 40.0 Å². The van der Waals surface area contributed by atoms with E-state index >= 15 is 0 Å². The van der Waals surface area contributed by atoms with Crippen molar-refractivity contribution < 1.29 is 19.1 Å². The molecule has 33 heavy (non-hydrogen) atoms. The standard InChI is InChI=1S/C21H24N6O4S2/c1-5-27-17(9-22-19(29)14-6-7-15-16(8-14)31-10-30-15)25-26-21(27)33-13(4)18(28)24-20-23-11(2)12(3)32-20/h6-8,13H,5,9-10H2,1-4H3,(H,22,29)(H,23,24,28). The number of benzene rings is 1. The third-order valence-corrected chi connectivity index (χ3v) is 7.13. The molecule has 0 fully saturated rings. The van der Waals surface area contributed by atoms with Crippen molar-refractivity contribution in [3.63, 3.8) is 0 Å². The van der Waals surface area contributed by atoms with Gasteiger partial charge in [0.1, 0.15) is 0 Å². The number of aromatic nitrogens is 4. The molecule has 0 saturated heterocycles. The second-order valence-corrected chi connectivity index (χ2v) is 9.81. The fourth-order valence-electron chi connectivity index (χ4n) is 3.10. The summed E-state index contributed by atoms with van der Waals surface area (Å²) in [5, 5.41) is 15.0. The highest BCUT2D eigenvalue weighted by Crippen LogP contribution is 2.32. The number of carbonyl (C=O) groups is 2. The molecule has 0 saturated carbocycles. The van der Waals surface area contributed by atoms with E-state index in [1.807, 2.05) is 32.3 Å². The van der Waals surface area contributed by atoms with Crippen molar-refractivity contribution in [3.05, 3.63) is 40.2 Å². The molecule has 0 bridgehead atoms. The minimum atomic E-state index is -0.403. The van der Waals surface area contributed by atoms with E-state index in [0.717, 1.165) is 10.6 Å². The maximum absolute atomic E-state index is 12.6. The Balaban J connectivity index is 1.37. The molecular weight excluding hydrogens is 464 g/mol. The zero-order chi connectivity index (χ0) is 23.5. The van der Waals surface area contributed by atoms with Crippen LogP contribution < -0.4 is 20.1 Å². The summed E-state index contributed by atoms with van der Waals surface area (Å²) in [6.45, 7) is 8.61. The third-order valence-electron chi connectivity index (χ3n) is 5.06. The van der Waals surface area contributed by atoms with Crippen molar-refractivity contribution in [2.45, 2.75) is 51.2 Å². The van der Waals surface area contributed by atoms with Gasteiger partial charge >= 0.3 is 0 Å². The van der Waals surface area contributed by atoms with Crippen LogP contribution in [-0.2, 0) is 17.9 Å². The summed E-state index contributed by atoms with van der Waals surface area (Å²) < 4.78 is 12.5. The van der Waals surface area contributed by atoms with Crippen LogP contribution in [0.5, 0.6) is 11.5 Å². The second kappa shape index (κ2) is 9.79. The Morgan fingerprint density at radius 1 is 1.24 bits per heavy atom. The summed E-state index contributed by atoms with van der Waals surface area (Å²) in [5.41, 5.74) is 1.38. The van der Waals surface area contributed by atoms with Gasteiger partial charge in [-0.05, 0) is 45.9 Å². The molecule has 4 rings (SSSR count). The van der Waals surface area contributed by atoms with Crippen LogP contribution in [0.4, 0.5) is 5.13 Å². The maximum Gasteiger partial charge on any atom is 0.251 e. The summed E-state index contributed by atoms with van der Waals surface area (Å²) in [4.78, 5) is 30.6. The molecular formula is C21H24N6O4S2. The van der Waals surface area contributed by atoms with Crippen molar-refractivity contribution in [1.82, 2.24) is 25.1 Å². The van der Waals surface area contributed by atoms with Gasteiger partial charge in [0.2, 0.25) is 12.7 Å². The first-order chi connectivity index (χ1) is 15.9. The molecule has 1 atom stereocenters. The molecule has 2 N–H and O–H groups in total. The number of hydrogen-bond acceptors (Lipinski definition) is 9. The lowest BCUT2D eigenvalue weighted by Crippen LogP contribution is -2.25. The Bertz CT molecular complexity index is 1170. The van der Waals surface area contributed by atoms with Gasteiger partial charge in [-0.3, -0.25) is 9.59 Å². The van der Waals surface area contributed by atoms with E-state index in [1.165, 1.54) is 23.1 Å². The predicted molar refractivity (Wildman–Crippen MR) is 125 cm³/mol. The lowest BCUT2D eigenvalue weighted by Gasteiger charge is -2.12. The van der Waals surface area contributed by atoms with Crippen molar-refractivity contribution in [1.29, 1.82) is 0 Å². The van der Waals surface area contributed by atoms with E-state index < -0.39 is 5.25 Å². The van der Waals surface area contributed by atoms with Gasteiger partial charge in [-0.1, -0.05) is 11.8 Å². The van der Waals surface area contributed by atoms with Crippen LogP contribution in [0.1, 0.15) is 40.6 Å². The number of fused-ring (bicyclic) bond motifs is 1. The largest absolute Gasteiger partial charge is 0.454 e. The quantitative estimate of drug-likeness (QED) is 0.464. The first kappa shape index (κ1) is 23.1. The summed E-state index contributed by atoms with van der Waals surface area (Å²) in [5.74, 6) is 1.37. The van der Waals surface area contributed by atoms with Gasteiger partial charge in [0, 0.05) is 17.0 Å². The van der Waals surface area contributed by atoms with E-state index in [0.29, 0.717) is 39.7 Å². The zero-order valence-electron chi connectivity index (χ0n) is 18.7. The Morgan fingerprint density at radius 3 is 2.76 bits per heavy atom. The zero-order valence-corrected chi connectivity index (χ0v) is 20.3. The lowest BCUT2D eigenvalue weighted by atomic mass is 10.2. The maximum atomic E-state index is 12.6.